The van der Waals surface area contributed by atoms with E-state index in [1.165, 1.54) is 4.57 Å². The molecule has 9 heteroatoms. The zero-order chi connectivity index (χ0) is 21.4. The number of aromatic nitrogens is 4. The lowest BCUT2D eigenvalue weighted by Gasteiger charge is -2.13. The quantitative estimate of drug-likeness (QED) is 0.505. The molecular weight excluding hydrogens is 388 g/mol. The van der Waals surface area contributed by atoms with E-state index in [0.717, 1.165) is 0 Å². The van der Waals surface area contributed by atoms with Crippen LogP contribution in [0.2, 0.25) is 0 Å². The SMILES string of the molecule is COc1ccc(-c2nc(-c3ccc4c(c3)[nH]c(=O)c(=O)n4C(C)C)no2)c(OC)c1. The van der Waals surface area contributed by atoms with Gasteiger partial charge < -0.3 is 19.0 Å². The van der Waals surface area contributed by atoms with Crippen LogP contribution >= 0.6 is 0 Å². The van der Waals surface area contributed by atoms with Gasteiger partial charge in [-0.3, -0.25) is 14.2 Å². The summed E-state index contributed by atoms with van der Waals surface area (Å²) in [7, 11) is 3.12. The van der Waals surface area contributed by atoms with Crippen LogP contribution in [0, 0.1) is 0 Å². The molecule has 0 aliphatic rings. The van der Waals surface area contributed by atoms with Crippen LogP contribution in [0.4, 0.5) is 0 Å². The third-order valence-electron chi connectivity index (χ3n) is 4.76. The maximum Gasteiger partial charge on any atom is 0.316 e. The molecule has 0 aliphatic carbocycles. The van der Waals surface area contributed by atoms with Crippen LogP contribution in [0.1, 0.15) is 19.9 Å². The van der Waals surface area contributed by atoms with Crippen molar-refractivity contribution in [2.45, 2.75) is 19.9 Å². The number of nitrogens with one attached hydrogen (secondary N) is 1. The first-order valence-electron chi connectivity index (χ1n) is 9.28. The Kier molecular flexibility index (Phi) is 4.86. The van der Waals surface area contributed by atoms with Gasteiger partial charge in [0.05, 0.1) is 30.8 Å². The fraction of sp³-hybridized carbons (Fsp3) is 0.238. The van der Waals surface area contributed by atoms with Gasteiger partial charge in [0.1, 0.15) is 11.5 Å². The van der Waals surface area contributed by atoms with Gasteiger partial charge in [-0.15, -0.1) is 0 Å². The Morgan fingerprint density at radius 1 is 1.07 bits per heavy atom. The third kappa shape index (κ3) is 3.24. The van der Waals surface area contributed by atoms with Crippen molar-refractivity contribution in [1.29, 1.82) is 0 Å². The van der Waals surface area contributed by atoms with E-state index in [2.05, 4.69) is 15.1 Å². The Morgan fingerprint density at radius 2 is 1.87 bits per heavy atom. The smallest absolute Gasteiger partial charge is 0.316 e. The van der Waals surface area contributed by atoms with Crippen molar-refractivity contribution in [2.24, 2.45) is 0 Å². The number of H-pyrrole nitrogens is 1. The molecule has 0 amide bonds. The highest BCUT2D eigenvalue weighted by molar-refractivity contribution is 5.80. The molecule has 0 saturated carbocycles. The maximum atomic E-state index is 12.2. The van der Waals surface area contributed by atoms with Gasteiger partial charge in [0.2, 0.25) is 5.82 Å². The lowest BCUT2D eigenvalue weighted by molar-refractivity contribution is 0.391. The predicted octanol–water partition coefficient (Wildman–Crippen LogP) is 3.00. The summed E-state index contributed by atoms with van der Waals surface area (Å²) in [5.41, 5.74) is 1.14. The van der Waals surface area contributed by atoms with Crippen molar-refractivity contribution < 1.29 is 14.0 Å². The van der Waals surface area contributed by atoms with Gasteiger partial charge in [0, 0.05) is 17.7 Å². The monoisotopic (exact) mass is 408 g/mol. The van der Waals surface area contributed by atoms with Crippen LogP contribution in [0.15, 0.2) is 50.5 Å². The van der Waals surface area contributed by atoms with Crippen LogP contribution in [-0.4, -0.2) is 33.9 Å². The van der Waals surface area contributed by atoms with Crippen LogP contribution in [0.5, 0.6) is 11.5 Å². The van der Waals surface area contributed by atoms with E-state index in [-0.39, 0.29) is 11.9 Å². The number of nitrogens with zero attached hydrogens (tertiary/aromatic N) is 3. The van der Waals surface area contributed by atoms with Crippen molar-refractivity contribution >= 4 is 11.0 Å². The molecule has 0 aliphatic heterocycles. The standard InChI is InChI=1S/C21H20N4O5/c1-11(2)25-16-8-5-12(9-15(16)22-19(26)21(25)27)18-23-20(30-24-18)14-7-6-13(28-3)10-17(14)29-4/h5-11H,1-4H3,(H,22,26). The predicted molar refractivity (Wildman–Crippen MR) is 111 cm³/mol. The zero-order valence-corrected chi connectivity index (χ0v) is 16.9. The number of aromatic amines is 1. The Bertz CT molecular complexity index is 1350. The Hall–Kier alpha value is -3.88. The van der Waals surface area contributed by atoms with Gasteiger partial charge in [0.15, 0.2) is 0 Å². The summed E-state index contributed by atoms with van der Waals surface area (Å²) in [5.74, 6) is 1.80. The molecule has 2 aromatic carbocycles. The first kappa shape index (κ1) is 19.4. The van der Waals surface area contributed by atoms with Gasteiger partial charge in [-0.25, -0.2) is 0 Å². The summed E-state index contributed by atoms with van der Waals surface area (Å²) in [6, 6.07) is 10.4. The first-order valence-corrected chi connectivity index (χ1v) is 9.28. The minimum atomic E-state index is -0.676. The Labute approximate surface area is 170 Å². The second-order valence-corrected chi connectivity index (χ2v) is 6.94. The number of ether oxygens (including phenoxy) is 2. The first-order chi connectivity index (χ1) is 14.4. The number of hydrogen-bond donors (Lipinski definition) is 1. The number of benzene rings is 2. The second-order valence-electron chi connectivity index (χ2n) is 6.94. The van der Waals surface area contributed by atoms with Crippen molar-refractivity contribution in [3.05, 3.63) is 57.1 Å². The summed E-state index contributed by atoms with van der Waals surface area (Å²) >= 11 is 0. The topological polar surface area (TPSA) is 112 Å². The van der Waals surface area contributed by atoms with E-state index < -0.39 is 11.1 Å². The van der Waals surface area contributed by atoms with Crippen molar-refractivity contribution in [1.82, 2.24) is 19.7 Å². The van der Waals surface area contributed by atoms with Gasteiger partial charge in [-0.1, -0.05) is 5.16 Å². The van der Waals surface area contributed by atoms with E-state index in [4.69, 9.17) is 14.0 Å². The van der Waals surface area contributed by atoms with E-state index >= 15 is 0 Å². The normalized spacial score (nSPS) is 11.2. The summed E-state index contributed by atoms with van der Waals surface area (Å²) in [6.07, 6.45) is 0. The molecule has 0 saturated heterocycles. The average Bonchev–Trinajstić information content (AvgIpc) is 3.23. The highest BCUT2D eigenvalue weighted by Gasteiger charge is 2.17. The molecule has 154 valence electrons. The van der Waals surface area contributed by atoms with Gasteiger partial charge in [-0.05, 0) is 44.2 Å². The summed E-state index contributed by atoms with van der Waals surface area (Å²) in [4.78, 5) is 31.3. The minimum Gasteiger partial charge on any atom is -0.497 e. The number of methoxy groups -OCH3 is 2. The van der Waals surface area contributed by atoms with Crippen LogP contribution in [0.3, 0.4) is 0 Å². The highest BCUT2D eigenvalue weighted by Crippen LogP contribution is 2.33. The highest BCUT2D eigenvalue weighted by atomic mass is 16.5. The molecule has 2 aromatic heterocycles. The number of hydrogen-bond acceptors (Lipinski definition) is 7. The molecule has 0 atom stereocenters. The lowest BCUT2D eigenvalue weighted by atomic mass is 10.1. The largest absolute Gasteiger partial charge is 0.497 e. The van der Waals surface area contributed by atoms with Crippen LogP contribution in [0.25, 0.3) is 33.9 Å². The van der Waals surface area contributed by atoms with Crippen molar-refractivity contribution in [3.8, 4) is 34.3 Å². The van der Waals surface area contributed by atoms with Gasteiger partial charge in [0.25, 0.3) is 5.89 Å². The molecular formula is C21H20N4O5. The zero-order valence-electron chi connectivity index (χ0n) is 16.9. The van der Waals surface area contributed by atoms with E-state index in [1.807, 2.05) is 13.8 Å². The fourth-order valence-corrected chi connectivity index (χ4v) is 3.32. The second kappa shape index (κ2) is 7.51. The van der Waals surface area contributed by atoms with Crippen molar-refractivity contribution in [2.75, 3.05) is 14.2 Å². The molecule has 9 nitrogen and oxygen atoms in total. The van der Waals surface area contributed by atoms with Gasteiger partial charge in [-0.2, -0.15) is 4.98 Å². The van der Waals surface area contributed by atoms with Crippen LogP contribution < -0.4 is 20.6 Å². The number of fused-ring (bicyclic) bond motifs is 1. The molecule has 0 radical (unpaired) electrons. The Balaban J connectivity index is 1.80. The summed E-state index contributed by atoms with van der Waals surface area (Å²) < 4.78 is 17.5. The molecule has 4 rings (SSSR count). The molecule has 0 unspecified atom stereocenters. The average molecular weight is 408 g/mol. The molecule has 2 heterocycles. The molecule has 1 N–H and O–H groups in total. The minimum absolute atomic E-state index is 0.160. The fourth-order valence-electron chi connectivity index (χ4n) is 3.32. The Morgan fingerprint density at radius 3 is 2.57 bits per heavy atom. The molecule has 30 heavy (non-hydrogen) atoms. The van der Waals surface area contributed by atoms with Crippen molar-refractivity contribution in [3.63, 3.8) is 0 Å². The summed E-state index contributed by atoms with van der Waals surface area (Å²) in [6.45, 7) is 3.70. The third-order valence-corrected chi connectivity index (χ3v) is 4.76. The number of rotatable bonds is 5. The molecule has 4 aromatic rings. The van der Waals surface area contributed by atoms with Gasteiger partial charge >= 0.3 is 11.1 Å². The molecule has 0 spiro atoms. The van der Waals surface area contributed by atoms with Crippen LogP contribution in [-0.2, 0) is 0 Å². The summed E-state index contributed by atoms with van der Waals surface area (Å²) in [5, 5.41) is 4.05. The molecule has 0 fully saturated rings. The van der Waals surface area contributed by atoms with E-state index in [1.54, 1.807) is 50.6 Å². The van der Waals surface area contributed by atoms with E-state index in [0.29, 0.717) is 39.5 Å². The lowest BCUT2D eigenvalue weighted by Crippen LogP contribution is -2.37. The molecule has 0 bridgehead atoms. The van der Waals surface area contributed by atoms with E-state index in [9.17, 15) is 9.59 Å². The maximum absolute atomic E-state index is 12.2.